The average molecular weight is 241 g/mol. The first-order valence-corrected chi connectivity index (χ1v) is 6.71. The summed E-state index contributed by atoms with van der Waals surface area (Å²) in [4.78, 5) is 0. The number of thioether (sulfide) groups is 1. The Morgan fingerprint density at radius 3 is 2.81 bits per heavy atom. The molecule has 90 valence electrons. The summed E-state index contributed by atoms with van der Waals surface area (Å²) < 4.78 is 5.43. The van der Waals surface area contributed by atoms with Gasteiger partial charge in [0.15, 0.2) is 0 Å². The van der Waals surface area contributed by atoms with Crippen molar-refractivity contribution in [2.24, 2.45) is 5.92 Å². The third kappa shape index (κ3) is 2.77. The van der Waals surface area contributed by atoms with E-state index in [1.807, 2.05) is 14.0 Å². The molecule has 1 aromatic heterocycles. The second kappa shape index (κ2) is 5.19. The SMILES string of the molecule is CNC1CCC(C)CC1Sc1nnc(C)o1. The number of rotatable bonds is 3. The van der Waals surface area contributed by atoms with E-state index in [4.69, 9.17) is 4.42 Å². The first-order valence-electron chi connectivity index (χ1n) is 5.83. The molecule has 0 amide bonds. The fourth-order valence-corrected chi connectivity index (χ4v) is 3.62. The molecule has 0 saturated heterocycles. The summed E-state index contributed by atoms with van der Waals surface area (Å²) in [7, 11) is 2.03. The molecule has 1 saturated carbocycles. The van der Waals surface area contributed by atoms with Crippen LogP contribution in [0.2, 0.25) is 0 Å². The molecule has 3 unspecified atom stereocenters. The smallest absolute Gasteiger partial charge is 0.276 e. The summed E-state index contributed by atoms with van der Waals surface area (Å²) in [5, 5.41) is 12.6. The fourth-order valence-electron chi connectivity index (χ4n) is 2.24. The first kappa shape index (κ1) is 11.9. The van der Waals surface area contributed by atoms with Gasteiger partial charge in [-0.2, -0.15) is 0 Å². The van der Waals surface area contributed by atoms with Crippen LogP contribution in [0.3, 0.4) is 0 Å². The average Bonchev–Trinajstić information content (AvgIpc) is 2.64. The number of aromatic nitrogens is 2. The van der Waals surface area contributed by atoms with Gasteiger partial charge in [-0.25, -0.2) is 0 Å². The number of nitrogens with one attached hydrogen (secondary N) is 1. The zero-order valence-electron chi connectivity index (χ0n) is 10.1. The highest BCUT2D eigenvalue weighted by molar-refractivity contribution is 7.99. The van der Waals surface area contributed by atoms with E-state index in [2.05, 4.69) is 22.4 Å². The van der Waals surface area contributed by atoms with Gasteiger partial charge in [0.25, 0.3) is 5.22 Å². The van der Waals surface area contributed by atoms with E-state index >= 15 is 0 Å². The summed E-state index contributed by atoms with van der Waals surface area (Å²) in [6.07, 6.45) is 3.77. The maximum absolute atomic E-state index is 5.43. The standard InChI is InChI=1S/C11H19N3OS/c1-7-4-5-9(12-3)10(6-7)16-11-14-13-8(2)15-11/h7,9-10,12H,4-6H2,1-3H3. The van der Waals surface area contributed by atoms with Crippen molar-refractivity contribution in [3.63, 3.8) is 0 Å². The highest BCUT2D eigenvalue weighted by Crippen LogP contribution is 2.35. The van der Waals surface area contributed by atoms with Crippen LogP contribution in [-0.2, 0) is 0 Å². The zero-order valence-corrected chi connectivity index (χ0v) is 10.9. The Bertz CT molecular complexity index is 342. The summed E-state index contributed by atoms with van der Waals surface area (Å²) in [5.74, 6) is 1.44. The largest absolute Gasteiger partial charge is 0.416 e. The van der Waals surface area contributed by atoms with E-state index in [0.29, 0.717) is 22.4 Å². The van der Waals surface area contributed by atoms with Gasteiger partial charge in [0.2, 0.25) is 5.89 Å². The van der Waals surface area contributed by atoms with Crippen molar-refractivity contribution in [1.82, 2.24) is 15.5 Å². The molecule has 5 heteroatoms. The van der Waals surface area contributed by atoms with Crippen LogP contribution in [0, 0.1) is 12.8 Å². The van der Waals surface area contributed by atoms with Gasteiger partial charge >= 0.3 is 0 Å². The predicted molar refractivity (Wildman–Crippen MR) is 64.5 cm³/mol. The van der Waals surface area contributed by atoms with Crippen LogP contribution in [0.5, 0.6) is 0 Å². The molecule has 1 aliphatic rings. The van der Waals surface area contributed by atoms with E-state index in [9.17, 15) is 0 Å². The summed E-state index contributed by atoms with van der Waals surface area (Å²) in [6.45, 7) is 4.15. The molecule has 1 aliphatic carbocycles. The van der Waals surface area contributed by atoms with Crippen molar-refractivity contribution in [2.45, 2.75) is 49.6 Å². The lowest BCUT2D eigenvalue weighted by Gasteiger charge is -2.33. The lowest BCUT2D eigenvalue weighted by molar-refractivity contribution is 0.326. The quantitative estimate of drug-likeness (QED) is 0.879. The number of hydrogen-bond donors (Lipinski definition) is 1. The van der Waals surface area contributed by atoms with Crippen molar-refractivity contribution < 1.29 is 4.42 Å². The maximum Gasteiger partial charge on any atom is 0.276 e. The molecule has 16 heavy (non-hydrogen) atoms. The van der Waals surface area contributed by atoms with Crippen molar-refractivity contribution in [3.8, 4) is 0 Å². The van der Waals surface area contributed by atoms with Gasteiger partial charge < -0.3 is 9.73 Å². The second-order valence-electron chi connectivity index (χ2n) is 4.56. The molecule has 0 aromatic carbocycles. The van der Waals surface area contributed by atoms with Crippen molar-refractivity contribution in [3.05, 3.63) is 5.89 Å². The van der Waals surface area contributed by atoms with Crippen LogP contribution in [-0.4, -0.2) is 28.5 Å². The number of hydrogen-bond acceptors (Lipinski definition) is 5. The predicted octanol–water partition coefficient (Wildman–Crippen LogP) is 2.25. The van der Waals surface area contributed by atoms with Crippen LogP contribution in [0.1, 0.15) is 32.1 Å². The van der Waals surface area contributed by atoms with Gasteiger partial charge in [0.1, 0.15) is 0 Å². The van der Waals surface area contributed by atoms with Gasteiger partial charge in [-0.1, -0.05) is 18.7 Å². The fraction of sp³-hybridized carbons (Fsp3) is 0.818. The highest BCUT2D eigenvalue weighted by atomic mass is 32.2. The summed E-state index contributed by atoms with van der Waals surface area (Å²) in [6, 6.07) is 0.563. The highest BCUT2D eigenvalue weighted by Gasteiger charge is 2.29. The molecule has 0 spiro atoms. The normalized spacial score (nSPS) is 30.6. The second-order valence-corrected chi connectivity index (χ2v) is 5.75. The molecule has 1 fully saturated rings. The van der Waals surface area contributed by atoms with Gasteiger partial charge in [-0.3, -0.25) is 0 Å². The number of nitrogens with zero attached hydrogens (tertiary/aromatic N) is 2. The molecule has 3 atom stereocenters. The van der Waals surface area contributed by atoms with Crippen LogP contribution in [0.15, 0.2) is 9.64 Å². The van der Waals surface area contributed by atoms with Gasteiger partial charge in [0, 0.05) is 18.2 Å². The van der Waals surface area contributed by atoms with E-state index in [0.717, 1.165) is 5.92 Å². The summed E-state index contributed by atoms with van der Waals surface area (Å²) in [5.41, 5.74) is 0. The topological polar surface area (TPSA) is 51.0 Å². The van der Waals surface area contributed by atoms with Crippen molar-refractivity contribution in [2.75, 3.05) is 7.05 Å². The molecule has 0 aliphatic heterocycles. The van der Waals surface area contributed by atoms with Gasteiger partial charge in [0.05, 0.1) is 0 Å². The minimum atomic E-state index is 0.550. The van der Waals surface area contributed by atoms with Crippen LogP contribution in [0.25, 0.3) is 0 Å². The Morgan fingerprint density at radius 1 is 1.38 bits per heavy atom. The van der Waals surface area contributed by atoms with Gasteiger partial charge in [-0.15, -0.1) is 10.2 Å². The van der Waals surface area contributed by atoms with E-state index in [-0.39, 0.29) is 0 Å². The van der Waals surface area contributed by atoms with Crippen LogP contribution >= 0.6 is 11.8 Å². The minimum Gasteiger partial charge on any atom is -0.416 e. The van der Waals surface area contributed by atoms with E-state index in [1.165, 1.54) is 19.3 Å². The Balaban J connectivity index is 2.00. The summed E-state index contributed by atoms with van der Waals surface area (Å²) >= 11 is 1.72. The Morgan fingerprint density at radius 2 is 2.19 bits per heavy atom. The molecule has 0 radical (unpaired) electrons. The zero-order chi connectivity index (χ0) is 11.5. The van der Waals surface area contributed by atoms with Crippen LogP contribution < -0.4 is 5.32 Å². The third-order valence-corrected chi connectivity index (χ3v) is 4.37. The monoisotopic (exact) mass is 241 g/mol. The van der Waals surface area contributed by atoms with E-state index < -0.39 is 0 Å². The Hall–Kier alpha value is -0.550. The Kier molecular flexibility index (Phi) is 3.86. The first-order chi connectivity index (χ1) is 7.69. The molecule has 1 aromatic rings. The Labute approximate surface area is 101 Å². The molecular weight excluding hydrogens is 222 g/mol. The molecule has 2 rings (SSSR count). The molecule has 1 heterocycles. The van der Waals surface area contributed by atoms with Crippen molar-refractivity contribution in [1.29, 1.82) is 0 Å². The minimum absolute atomic E-state index is 0.550. The number of aryl methyl sites for hydroxylation is 1. The third-order valence-electron chi connectivity index (χ3n) is 3.18. The van der Waals surface area contributed by atoms with Gasteiger partial charge in [-0.05, 0) is 32.2 Å². The lowest BCUT2D eigenvalue weighted by atomic mass is 9.87. The molecular formula is C11H19N3OS. The molecule has 1 N–H and O–H groups in total. The molecule has 4 nitrogen and oxygen atoms in total. The van der Waals surface area contributed by atoms with E-state index in [1.54, 1.807) is 11.8 Å². The van der Waals surface area contributed by atoms with Crippen LogP contribution in [0.4, 0.5) is 0 Å². The maximum atomic E-state index is 5.43. The molecule has 0 bridgehead atoms. The van der Waals surface area contributed by atoms with Crippen molar-refractivity contribution >= 4 is 11.8 Å². The lowest BCUT2D eigenvalue weighted by Crippen LogP contribution is -2.40.